The van der Waals surface area contributed by atoms with Crippen molar-refractivity contribution < 1.29 is 0 Å². The van der Waals surface area contributed by atoms with E-state index in [2.05, 4.69) is 48.9 Å². The average molecular weight is 459 g/mol. The molecule has 0 radical (unpaired) electrons. The highest BCUT2D eigenvalue weighted by molar-refractivity contribution is 5.72. The molecule has 0 amide bonds. The number of piperazine rings is 1. The SMILES string of the molecule is Cc1nc(Nc2ncc(N3CCNC(C)C3)c(Nc3cc(C)n(C)n3)n2)cc(C2CC2)c1C#N. The third-order valence-corrected chi connectivity index (χ3v) is 6.44. The second-order valence-corrected chi connectivity index (χ2v) is 9.22. The van der Waals surface area contributed by atoms with Crippen LogP contribution in [0.3, 0.4) is 0 Å². The number of nitrogens with one attached hydrogen (secondary N) is 3. The van der Waals surface area contributed by atoms with Gasteiger partial charge in [0.2, 0.25) is 5.95 Å². The Labute approximate surface area is 199 Å². The number of aromatic nitrogens is 5. The molecule has 34 heavy (non-hydrogen) atoms. The Morgan fingerprint density at radius 3 is 2.65 bits per heavy atom. The molecule has 2 aliphatic rings. The van der Waals surface area contributed by atoms with Crippen molar-refractivity contribution in [3.63, 3.8) is 0 Å². The van der Waals surface area contributed by atoms with Gasteiger partial charge in [-0.3, -0.25) is 4.68 Å². The van der Waals surface area contributed by atoms with Crippen LogP contribution in [0.4, 0.5) is 29.1 Å². The topological polar surface area (TPSA) is 120 Å². The molecular formula is C24H30N10. The Kier molecular flexibility index (Phi) is 5.79. The molecule has 1 saturated carbocycles. The van der Waals surface area contributed by atoms with Crippen LogP contribution < -0.4 is 20.9 Å². The Morgan fingerprint density at radius 2 is 1.97 bits per heavy atom. The number of rotatable bonds is 6. The van der Waals surface area contributed by atoms with Crippen molar-refractivity contribution in [2.45, 2.75) is 45.6 Å². The molecule has 1 unspecified atom stereocenters. The van der Waals surface area contributed by atoms with Gasteiger partial charge in [0.25, 0.3) is 0 Å². The molecule has 10 nitrogen and oxygen atoms in total. The molecule has 0 aromatic carbocycles. The first-order valence-corrected chi connectivity index (χ1v) is 11.7. The van der Waals surface area contributed by atoms with E-state index >= 15 is 0 Å². The van der Waals surface area contributed by atoms with Gasteiger partial charge in [0.05, 0.1) is 23.1 Å². The number of nitriles is 1. The van der Waals surface area contributed by atoms with Gasteiger partial charge in [-0.15, -0.1) is 0 Å². The van der Waals surface area contributed by atoms with Gasteiger partial charge < -0.3 is 20.9 Å². The lowest BCUT2D eigenvalue weighted by Crippen LogP contribution is -2.49. The zero-order valence-corrected chi connectivity index (χ0v) is 20.1. The zero-order chi connectivity index (χ0) is 23.8. The number of pyridine rings is 1. The average Bonchev–Trinajstić information content (AvgIpc) is 3.59. The molecule has 1 aliphatic carbocycles. The van der Waals surface area contributed by atoms with Crippen molar-refractivity contribution in [2.24, 2.45) is 7.05 Å². The fourth-order valence-corrected chi connectivity index (χ4v) is 4.39. The third-order valence-electron chi connectivity index (χ3n) is 6.44. The van der Waals surface area contributed by atoms with E-state index in [-0.39, 0.29) is 0 Å². The van der Waals surface area contributed by atoms with Crippen LogP contribution in [0.15, 0.2) is 18.3 Å². The first-order chi connectivity index (χ1) is 16.4. The normalized spacial score (nSPS) is 18.0. The monoisotopic (exact) mass is 458 g/mol. The van der Waals surface area contributed by atoms with Crippen LogP contribution in [0.25, 0.3) is 0 Å². The third kappa shape index (κ3) is 4.52. The van der Waals surface area contributed by atoms with Crippen LogP contribution in [0.5, 0.6) is 0 Å². The summed E-state index contributed by atoms with van der Waals surface area (Å²) < 4.78 is 1.83. The standard InChI is InChI=1S/C24H30N10/c1-14-13-34(8-7-26-14)20-12-27-24(31-23(20)29-22-9-15(2)33(4)32-22)30-21-10-18(17-5-6-17)19(11-25)16(3)28-21/h9-10,12,14,17,26H,5-8,13H2,1-4H3,(H2,27,28,29,30,31,32). The van der Waals surface area contributed by atoms with Gasteiger partial charge in [0.15, 0.2) is 11.6 Å². The molecule has 3 aromatic rings. The minimum atomic E-state index is 0.378. The first kappa shape index (κ1) is 22.1. The second kappa shape index (κ2) is 8.91. The van der Waals surface area contributed by atoms with Crippen LogP contribution in [0, 0.1) is 25.2 Å². The Morgan fingerprint density at radius 1 is 1.15 bits per heavy atom. The maximum atomic E-state index is 9.57. The highest BCUT2D eigenvalue weighted by Gasteiger charge is 2.28. The highest BCUT2D eigenvalue weighted by atomic mass is 15.3. The summed E-state index contributed by atoms with van der Waals surface area (Å²) in [7, 11) is 1.92. The molecule has 0 bridgehead atoms. The van der Waals surface area contributed by atoms with E-state index < -0.39 is 0 Å². The molecule has 10 heteroatoms. The molecule has 3 aromatic heterocycles. The number of hydrogen-bond donors (Lipinski definition) is 3. The van der Waals surface area contributed by atoms with E-state index in [1.807, 2.05) is 43.9 Å². The predicted molar refractivity (Wildman–Crippen MR) is 132 cm³/mol. The number of nitrogens with zero attached hydrogens (tertiary/aromatic N) is 7. The smallest absolute Gasteiger partial charge is 0.230 e. The van der Waals surface area contributed by atoms with Crippen molar-refractivity contribution in [2.75, 3.05) is 35.2 Å². The lowest BCUT2D eigenvalue weighted by molar-refractivity contribution is 0.484. The van der Waals surface area contributed by atoms with Crippen LogP contribution in [-0.2, 0) is 7.05 Å². The maximum Gasteiger partial charge on any atom is 0.230 e. The highest BCUT2D eigenvalue weighted by Crippen LogP contribution is 2.43. The summed E-state index contributed by atoms with van der Waals surface area (Å²) in [5, 5.41) is 24.2. The fraction of sp³-hybridized carbons (Fsp3) is 0.458. The van der Waals surface area contributed by atoms with Gasteiger partial charge in [-0.05, 0) is 51.2 Å². The minimum Gasteiger partial charge on any atom is -0.364 e. The molecule has 3 N–H and O–H groups in total. The predicted octanol–water partition coefficient (Wildman–Crippen LogP) is 3.26. The van der Waals surface area contributed by atoms with E-state index in [1.54, 1.807) is 0 Å². The van der Waals surface area contributed by atoms with Crippen molar-refractivity contribution in [1.82, 2.24) is 30.0 Å². The largest absolute Gasteiger partial charge is 0.364 e. The molecular weight excluding hydrogens is 428 g/mol. The molecule has 4 heterocycles. The minimum absolute atomic E-state index is 0.378. The zero-order valence-electron chi connectivity index (χ0n) is 20.1. The van der Waals surface area contributed by atoms with Gasteiger partial charge in [-0.2, -0.15) is 15.3 Å². The Hall–Kier alpha value is -3.71. The second-order valence-electron chi connectivity index (χ2n) is 9.22. The molecule has 1 saturated heterocycles. The van der Waals surface area contributed by atoms with Crippen molar-refractivity contribution >= 4 is 29.1 Å². The van der Waals surface area contributed by atoms with E-state index in [0.717, 1.165) is 60.9 Å². The van der Waals surface area contributed by atoms with Gasteiger partial charge in [0, 0.05) is 44.5 Å². The van der Waals surface area contributed by atoms with Crippen LogP contribution >= 0.6 is 0 Å². The molecule has 176 valence electrons. The fourth-order valence-electron chi connectivity index (χ4n) is 4.39. The molecule has 1 aliphatic heterocycles. The van der Waals surface area contributed by atoms with E-state index in [9.17, 15) is 5.26 Å². The quantitative estimate of drug-likeness (QED) is 0.511. The summed E-state index contributed by atoms with van der Waals surface area (Å²) in [5.74, 6) is 2.97. The van der Waals surface area contributed by atoms with Crippen molar-refractivity contribution in [3.05, 3.63) is 40.8 Å². The van der Waals surface area contributed by atoms with Gasteiger partial charge in [0.1, 0.15) is 11.9 Å². The van der Waals surface area contributed by atoms with Gasteiger partial charge >= 0.3 is 0 Å². The van der Waals surface area contributed by atoms with Crippen LogP contribution in [0.1, 0.15) is 48.2 Å². The summed E-state index contributed by atoms with van der Waals surface area (Å²) in [6.45, 7) is 8.71. The summed E-state index contributed by atoms with van der Waals surface area (Å²) in [6, 6.07) is 6.65. The molecule has 5 rings (SSSR count). The van der Waals surface area contributed by atoms with E-state index in [1.165, 1.54) is 0 Å². The van der Waals surface area contributed by atoms with Gasteiger partial charge in [-0.25, -0.2) is 9.97 Å². The lowest BCUT2D eigenvalue weighted by Gasteiger charge is -2.34. The van der Waals surface area contributed by atoms with Gasteiger partial charge in [-0.1, -0.05) is 0 Å². The molecule has 0 spiro atoms. The lowest BCUT2D eigenvalue weighted by atomic mass is 10.0. The molecule has 1 atom stereocenters. The summed E-state index contributed by atoms with van der Waals surface area (Å²) in [6.07, 6.45) is 4.08. The Bertz CT molecular complexity index is 1230. The summed E-state index contributed by atoms with van der Waals surface area (Å²) >= 11 is 0. The Balaban J connectivity index is 1.48. The number of hydrogen-bond acceptors (Lipinski definition) is 9. The van der Waals surface area contributed by atoms with E-state index in [4.69, 9.17) is 4.98 Å². The number of anilines is 5. The maximum absolute atomic E-state index is 9.57. The van der Waals surface area contributed by atoms with E-state index in [0.29, 0.717) is 35.1 Å². The van der Waals surface area contributed by atoms with Crippen LogP contribution in [0.2, 0.25) is 0 Å². The van der Waals surface area contributed by atoms with Crippen molar-refractivity contribution in [1.29, 1.82) is 5.26 Å². The first-order valence-electron chi connectivity index (χ1n) is 11.7. The summed E-state index contributed by atoms with van der Waals surface area (Å²) in [4.78, 5) is 16.3. The molecule has 2 fully saturated rings. The summed E-state index contributed by atoms with van der Waals surface area (Å²) in [5.41, 5.74) is 4.46. The number of aryl methyl sites for hydroxylation is 3. The van der Waals surface area contributed by atoms with Crippen molar-refractivity contribution in [3.8, 4) is 6.07 Å². The van der Waals surface area contributed by atoms with Crippen LogP contribution in [-0.4, -0.2) is 50.4 Å².